The van der Waals surface area contributed by atoms with E-state index in [2.05, 4.69) is 31.2 Å². The number of ether oxygens (including phenoxy) is 1. The maximum Gasteiger partial charge on any atom is 0.142 e. The summed E-state index contributed by atoms with van der Waals surface area (Å²) in [6.07, 6.45) is 3.10. The number of hydrogen-bond acceptors (Lipinski definition) is 2. The van der Waals surface area contributed by atoms with Gasteiger partial charge >= 0.3 is 0 Å². The predicted octanol–water partition coefficient (Wildman–Crippen LogP) is 3.17. The topological polar surface area (TPSA) is 26.3 Å². The Kier molecular flexibility index (Phi) is 3.21. The molecule has 0 bridgehead atoms. The van der Waals surface area contributed by atoms with Crippen LogP contribution in [0.5, 0.6) is 0 Å². The van der Waals surface area contributed by atoms with Crippen LogP contribution in [0.2, 0.25) is 0 Å². The molecule has 96 valence electrons. The second kappa shape index (κ2) is 4.85. The molecular weight excluding hydrogens is 224 g/mol. The Morgan fingerprint density at radius 1 is 1.28 bits per heavy atom. The molecule has 0 radical (unpaired) electrons. The Balaban J connectivity index is 1.66. The normalized spacial score (nSPS) is 34.5. The lowest BCUT2D eigenvalue weighted by Crippen LogP contribution is -2.25. The van der Waals surface area contributed by atoms with Gasteiger partial charge in [-0.05, 0) is 30.7 Å². The lowest BCUT2D eigenvalue weighted by Gasteiger charge is -2.15. The first-order valence-electron chi connectivity index (χ1n) is 7.01. The highest BCUT2D eigenvalue weighted by Crippen LogP contribution is 2.50. The summed E-state index contributed by atoms with van der Waals surface area (Å²) in [4.78, 5) is 12.5. The van der Waals surface area contributed by atoms with E-state index < -0.39 is 0 Å². The van der Waals surface area contributed by atoms with Gasteiger partial charge < -0.3 is 4.74 Å². The average Bonchev–Trinajstić information content (AvgIpc) is 3.08. The summed E-state index contributed by atoms with van der Waals surface area (Å²) in [5.74, 6) is 1.34. The molecular formula is C16H20O2. The van der Waals surface area contributed by atoms with Crippen LogP contribution >= 0.6 is 0 Å². The SMILES string of the molecule is CCC1OCCC1C(=O)C1CC1c1ccccc1. The number of benzene rings is 1. The third kappa shape index (κ3) is 2.10. The maximum absolute atomic E-state index is 12.5. The van der Waals surface area contributed by atoms with Gasteiger partial charge in [0.25, 0.3) is 0 Å². The first-order valence-corrected chi connectivity index (χ1v) is 7.01. The third-order valence-electron chi connectivity index (χ3n) is 4.36. The lowest BCUT2D eigenvalue weighted by molar-refractivity contribution is -0.125. The van der Waals surface area contributed by atoms with E-state index in [0.717, 1.165) is 25.9 Å². The molecule has 0 amide bonds. The van der Waals surface area contributed by atoms with Crippen LogP contribution in [0.15, 0.2) is 30.3 Å². The van der Waals surface area contributed by atoms with Gasteiger partial charge in [0.15, 0.2) is 0 Å². The number of ketones is 1. The van der Waals surface area contributed by atoms with Crippen LogP contribution in [-0.4, -0.2) is 18.5 Å². The molecule has 2 nitrogen and oxygen atoms in total. The lowest BCUT2D eigenvalue weighted by atomic mass is 9.91. The number of carbonyl (C=O) groups excluding carboxylic acids is 1. The van der Waals surface area contributed by atoms with Crippen LogP contribution in [0.25, 0.3) is 0 Å². The van der Waals surface area contributed by atoms with Crippen molar-refractivity contribution in [1.82, 2.24) is 0 Å². The van der Waals surface area contributed by atoms with E-state index in [1.54, 1.807) is 0 Å². The molecule has 4 atom stereocenters. The molecule has 0 spiro atoms. The fourth-order valence-corrected chi connectivity index (χ4v) is 3.23. The van der Waals surface area contributed by atoms with E-state index in [4.69, 9.17) is 4.74 Å². The van der Waals surface area contributed by atoms with Crippen LogP contribution in [0.1, 0.15) is 37.7 Å². The summed E-state index contributed by atoms with van der Waals surface area (Å²) in [7, 11) is 0. The van der Waals surface area contributed by atoms with Crippen molar-refractivity contribution < 1.29 is 9.53 Å². The average molecular weight is 244 g/mol. The van der Waals surface area contributed by atoms with E-state index in [-0.39, 0.29) is 17.9 Å². The summed E-state index contributed by atoms with van der Waals surface area (Å²) in [5, 5.41) is 0. The van der Waals surface area contributed by atoms with Gasteiger partial charge in [0, 0.05) is 18.4 Å². The van der Waals surface area contributed by atoms with Crippen LogP contribution in [0.3, 0.4) is 0 Å². The van der Waals surface area contributed by atoms with Gasteiger partial charge in [-0.3, -0.25) is 4.79 Å². The molecule has 0 aromatic heterocycles. The van der Waals surface area contributed by atoms with Crippen molar-refractivity contribution in [1.29, 1.82) is 0 Å². The molecule has 1 saturated carbocycles. The predicted molar refractivity (Wildman–Crippen MR) is 70.4 cm³/mol. The quantitative estimate of drug-likeness (QED) is 0.813. The van der Waals surface area contributed by atoms with Crippen molar-refractivity contribution in [2.45, 2.75) is 38.2 Å². The molecule has 1 aromatic carbocycles. The van der Waals surface area contributed by atoms with E-state index in [9.17, 15) is 4.79 Å². The van der Waals surface area contributed by atoms with Gasteiger partial charge in [0.1, 0.15) is 5.78 Å². The van der Waals surface area contributed by atoms with Crippen LogP contribution in [0, 0.1) is 11.8 Å². The van der Waals surface area contributed by atoms with Crippen LogP contribution < -0.4 is 0 Å². The van der Waals surface area contributed by atoms with Crippen LogP contribution in [-0.2, 0) is 9.53 Å². The van der Waals surface area contributed by atoms with E-state index >= 15 is 0 Å². The summed E-state index contributed by atoms with van der Waals surface area (Å²) < 4.78 is 5.63. The molecule has 0 N–H and O–H groups in total. The highest BCUT2D eigenvalue weighted by atomic mass is 16.5. The monoisotopic (exact) mass is 244 g/mol. The summed E-state index contributed by atoms with van der Waals surface area (Å²) in [5.41, 5.74) is 1.32. The molecule has 2 heteroatoms. The Bertz CT molecular complexity index is 426. The molecule has 1 saturated heterocycles. The van der Waals surface area contributed by atoms with Crippen molar-refractivity contribution in [2.24, 2.45) is 11.8 Å². The first kappa shape index (κ1) is 11.9. The fourth-order valence-electron chi connectivity index (χ4n) is 3.23. The largest absolute Gasteiger partial charge is 0.377 e. The van der Waals surface area contributed by atoms with Crippen molar-refractivity contribution in [3.8, 4) is 0 Å². The van der Waals surface area contributed by atoms with E-state index in [1.165, 1.54) is 5.56 Å². The number of rotatable bonds is 4. The summed E-state index contributed by atoms with van der Waals surface area (Å²) >= 11 is 0. The minimum absolute atomic E-state index is 0.161. The Morgan fingerprint density at radius 2 is 2.06 bits per heavy atom. The Hall–Kier alpha value is -1.15. The van der Waals surface area contributed by atoms with E-state index in [0.29, 0.717) is 11.7 Å². The zero-order valence-corrected chi connectivity index (χ0v) is 10.8. The van der Waals surface area contributed by atoms with Crippen molar-refractivity contribution >= 4 is 5.78 Å². The molecule has 18 heavy (non-hydrogen) atoms. The molecule has 1 aromatic rings. The molecule has 3 rings (SSSR count). The molecule has 2 aliphatic rings. The first-order chi connectivity index (χ1) is 8.81. The van der Waals surface area contributed by atoms with Gasteiger partial charge in [-0.2, -0.15) is 0 Å². The van der Waals surface area contributed by atoms with E-state index in [1.807, 2.05) is 6.07 Å². The minimum Gasteiger partial charge on any atom is -0.377 e. The fraction of sp³-hybridized carbons (Fsp3) is 0.562. The van der Waals surface area contributed by atoms with Crippen molar-refractivity contribution in [3.63, 3.8) is 0 Å². The standard InChI is InChI=1S/C16H20O2/c1-2-15-12(8-9-18-15)16(17)14-10-13(14)11-6-4-3-5-7-11/h3-7,12-15H,2,8-10H2,1H3. The van der Waals surface area contributed by atoms with Gasteiger partial charge in [-0.15, -0.1) is 0 Å². The molecule has 1 aliphatic heterocycles. The van der Waals surface area contributed by atoms with Gasteiger partial charge in [-0.25, -0.2) is 0 Å². The zero-order valence-electron chi connectivity index (χ0n) is 10.8. The van der Waals surface area contributed by atoms with Gasteiger partial charge in [-0.1, -0.05) is 37.3 Å². The van der Waals surface area contributed by atoms with Gasteiger partial charge in [0.2, 0.25) is 0 Å². The highest BCUT2D eigenvalue weighted by Gasteiger charge is 2.48. The Labute approximate surface area is 108 Å². The number of carbonyl (C=O) groups is 1. The molecule has 1 heterocycles. The summed E-state index contributed by atoms with van der Waals surface area (Å²) in [6.45, 7) is 2.87. The van der Waals surface area contributed by atoms with Crippen molar-refractivity contribution in [3.05, 3.63) is 35.9 Å². The van der Waals surface area contributed by atoms with Crippen molar-refractivity contribution in [2.75, 3.05) is 6.61 Å². The second-order valence-corrected chi connectivity index (χ2v) is 5.47. The highest BCUT2D eigenvalue weighted by molar-refractivity contribution is 5.87. The molecule has 2 fully saturated rings. The Morgan fingerprint density at radius 3 is 2.78 bits per heavy atom. The number of hydrogen-bond donors (Lipinski definition) is 0. The minimum atomic E-state index is 0.161. The summed E-state index contributed by atoms with van der Waals surface area (Å²) in [6, 6.07) is 10.4. The number of Topliss-reactive ketones (excluding diaryl/α,β-unsaturated/α-hetero) is 1. The maximum atomic E-state index is 12.5. The second-order valence-electron chi connectivity index (χ2n) is 5.47. The smallest absolute Gasteiger partial charge is 0.142 e. The third-order valence-corrected chi connectivity index (χ3v) is 4.36. The molecule has 1 aliphatic carbocycles. The molecule has 4 unspecified atom stereocenters. The van der Waals surface area contributed by atoms with Crippen LogP contribution in [0.4, 0.5) is 0 Å². The zero-order chi connectivity index (χ0) is 12.5. The van der Waals surface area contributed by atoms with Gasteiger partial charge in [0.05, 0.1) is 6.10 Å².